The summed E-state index contributed by atoms with van der Waals surface area (Å²) in [6.07, 6.45) is 10.7. The third-order valence-corrected chi connectivity index (χ3v) is 10.7. The Morgan fingerprint density at radius 2 is 1.06 bits per heavy atom. The van der Waals surface area contributed by atoms with Crippen LogP contribution in [0, 0.1) is 23.7 Å². The second-order valence-corrected chi connectivity index (χ2v) is 14.7. The maximum atomic E-state index is 9.53. The predicted molar refractivity (Wildman–Crippen MR) is 183 cm³/mol. The van der Waals surface area contributed by atoms with E-state index in [4.69, 9.17) is 15.3 Å². The molecule has 0 amide bonds. The quantitative estimate of drug-likeness (QED) is 0.145. The zero-order valence-corrected chi connectivity index (χ0v) is 29.4. The first-order chi connectivity index (χ1) is 22.9. The van der Waals surface area contributed by atoms with E-state index in [-0.39, 0.29) is 43.4 Å². The lowest BCUT2D eigenvalue weighted by atomic mass is 9.81. The molecule has 4 fully saturated rings. The van der Waals surface area contributed by atoms with E-state index >= 15 is 0 Å². The van der Waals surface area contributed by atoms with Crippen molar-refractivity contribution >= 4 is 0 Å². The Kier molecular flexibility index (Phi) is 25.0. The Morgan fingerprint density at radius 1 is 0.500 bits per heavy atom. The summed E-state index contributed by atoms with van der Waals surface area (Å²) in [6, 6.07) is 0. The predicted octanol–water partition coefficient (Wildman–Crippen LogP) is 1.12. The summed E-state index contributed by atoms with van der Waals surface area (Å²) >= 11 is 0. The number of hydrogen-bond donors (Lipinski definition) is 12. The summed E-state index contributed by atoms with van der Waals surface area (Å²) in [6.45, 7) is 2.42. The van der Waals surface area contributed by atoms with E-state index in [1.807, 2.05) is 6.92 Å². The van der Waals surface area contributed by atoms with E-state index < -0.39 is 36.6 Å². The lowest BCUT2D eigenvalue weighted by Crippen LogP contribution is -2.44. The zero-order chi connectivity index (χ0) is 36.1. The molecule has 0 aromatic carbocycles. The highest BCUT2D eigenvalue weighted by Gasteiger charge is 2.34. The van der Waals surface area contributed by atoms with Gasteiger partial charge >= 0.3 is 0 Å². The van der Waals surface area contributed by atoms with E-state index in [0.29, 0.717) is 51.0 Å². The Bertz CT molecular complexity index is 740. The van der Waals surface area contributed by atoms with Crippen molar-refractivity contribution in [1.82, 2.24) is 0 Å². The molecule has 288 valence electrons. The fraction of sp³-hybridized carbons (Fsp3) is 1.00. The molecule has 0 bridgehead atoms. The highest BCUT2D eigenvalue weighted by Crippen LogP contribution is 2.30. The van der Waals surface area contributed by atoms with Crippen molar-refractivity contribution in [2.45, 2.75) is 184 Å². The van der Waals surface area contributed by atoms with Gasteiger partial charge in [-0.1, -0.05) is 13.3 Å². The summed E-state index contributed by atoms with van der Waals surface area (Å²) in [5.41, 5.74) is 0. The van der Waals surface area contributed by atoms with Gasteiger partial charge in [-0.25, -0.2) is 0 Å². The monoisotopic (exact) mass is 697 g/mol. The lowest BCUT2D eigenvalue weighted by Gasteiger charge is -2.33. The van der Waals surface area contributed by atoms with Gasteiger partial charge in [0, 0.05) is 19.8 Å². The average Bonchev–Trinajstić information content (AvgIpc) is 3.07. The second kappa shape index (κ2) is 26.3. The van der Waals surface area contributed by atoms with Gasteiger partial charge in [0.25, 0.3) is 0 Å². The molecule has 0 aromatic heterocycles. The second-order valence-electron chi connectivity index (χ2n) is 14.7. The van der Waals surface area contributed by atoms with E-state index in [1.165, 1.54) is 0 Å². The maximum absolute atomic E-state index is 9.53. The van der Waals surface area contributed by atoms with Crippen molar-refractivity contribution in [2.75, 3.05) is 19.8 Å². The van der Waals surface area contributed by atoms with Crippen LogP contribution in [-0.4, -0.2) is 136 Å². The van der Waals surface area contributed by atoms with Gasteiger partial charge in [0.2, 0.25) is 0 Å². The molecule has 0 radical (unpaired) electrons. The van der Waals surface area contributed by atoms with Gasteiger partial charge in [-0.15, -0.1) is 0 Å². The van der Waals surface area contributed by atoms with Gasteiger partial charge in [0.05, 0.1) is 48.8 Å². The van der Waals surface area contributed by atoms with Crippen LogP contribution in [0.4, 0.5) is 0 Å². The SMILES string of the molecule is CCC(O)C1CCCC(O)C1.OCCC(O)C1CCC(O)C(O)C1.OCCCC1CC(O)C(O)C(O)C1.OCCCC1CCC(O)CC1. The zero-order valence-electron chi connectivity index (χ0n) is 29.4. The molecule has 4 aliphatic rings. The van der Waals surface area contributed by atoms with Gasteiger partial charge in [0.1, 0.15) is 6.10 Å². The molecule has 4 rings (SSSR count). The fourth-order valence-corrected chi connectivity index (χ4v) is 7.51. The number of aliphatic hydroxyl groups excluding tert-OH is 12. The van der Waals surface area contributed by atoms with Crippen molar-refractivity contribution in [3.05, 3.63) is 0 Å². The Labute approximate surface area is 288 Å². The molecule has 9 atom stereocenters. The van der Waals surface area contributed by atoms with Crippen LogP contribution in [0.2, 0.25) is 0 Å². The van der Waals surface area contributed by atoms with E-state index in [1.54, 1.807) is 0 Å². The molecule has 12 N–H and O–H groups in total. The van der Waals surface area contributed by atoms with Crippen LogP contribution in [0.1, 0.15) is 129 Å². The smallest absolute Gasteiger partial charge is 0.106 e. The summed E-state index contributed by atoms with van der Waals surface area (Å²) in [4.78, 5) is 0. The van der Waals surface area contributed by atoms with Gasteiger partial charge in [-0.3, -0.25) is 0 Å². The third kappa shape index (κ3) is 18.7. The van der Waals surface area contributed by atoms with E-state index in [9.17, 15) is 46.0 Å². The van der Waals surface area contributed by atoms with Crippen LogP contribution < -0.4 is 0 Å². The van der Waals surface area contributed by atoms with Crippen molar-refractivity contribution in [1.29, 1.82) is 0 Å². The van der Waals surface area contributed by atoms with Crippen LogP contribution in [0.5, 0.6) is 0 Å². The largest absolute Gasteiger partial charge is 0.396 e. The van der Waals surface area contributed by atoms with Gasteiger partial charge in [0.15, 0.2) is 0 Å². The van der Waals surface area contributed by atoms with Crippen molar-refractivity contribution in [3.8, 4) is 0 Å². The van der Waals surface area contributed by atoms with Crippen LogP contribution in [0.25, 0.3) is 0 Å². The molecule has 4 aliphatic carbocycles. The van der Waals surface area contributed by atoms with E-state index in [2.05, 4.69) is 0 Å². The maximum Gasteiger partial charge on any atom is 0.106 e. The molecule has 0 aromatic rings. The minimum absolute atomic E-state index is 0.0190. The lowest BCUT2D eigenvalue weighted by molar-refractivity contribution is -0.101. The molecule has 0 saturated heterocycles. The molecule has 0 spiro atoms. The molecule has 0 aliphatic heterocycles. The topological polar surface area (TPSA) is 243 Å². The highest BCUT2D eigenvalue weighted by atomic mass is 16.4. The molecule has 9 unspecified atom stereocenters. The van der Waals surface area contributed by atoms with Crippen molar-refractivity contribution in [3.63, 3.8) is 0 Å². The third-order valence-electron chi connectivity index (χ3n) is 10.7. The van der Waals surface area contributed by atoms with Crippen LogP contribution in [-0.2, 0) is 0 Å². The Hall–Kier alpha value is -0.480. The number of hydrogen-bond acceptors (Lipinski definition) is 12. The Morgan fingerprint density at radius 3 is 1.56 bits per heavy atom. The van der Waals surface area contributed by atoms with Crippen LogP contribution in [0.3, 0.4) is 0 Å². The highest BCUT2D eigenvalue weighted by molar-refractivity contribution is 4.86. The minimum Gasteiger partial charge on any atom is -0.396 e. The average molecular weight is 697 g/mol. The normalized spacial score (nSPS) is 36.6. The Balaban J connectivity index is 0.000000321. The van der Waals surface area contributed by atoms with Crippen LogP contribution in [0.15, 0.2) is 0 Å². The molecule has 12 nitrogen and oxygen atoms in total. The van der Waals surface area contributed by atoms with E-state index in [0.717, 1.165) is 89.4 Å². The molecular weight excluding hydrogens is 624 g/mol. The molecule has 48 heavy (non-hydrogen) atoms. The summed E-state index contributed by atoms with van der Waals surface area (Å²) in [5, 5.41) is 110. The van der Waals surface area contributed by atoms with Crippen molar-refractivity contribution < 1.29 is 61.3 Å². The molecule has 4 saturated carbocycles. The minimum atomic E-state index is -0.995. The van der Waals surface area contributed by atoms with Gasteiger partial charge in [-0.2, -0.15) is 0 Å². The molecule has 0 heterocycles. The van der Waals surface area contributed by atoms with Crippen molar-refractivity contribution in [2.24, 2.45) is 23.7 Å². The first-order valence-electron chi connectivity index (χ1n) is 18.8. The summed E-state index contributed by atoms with van der Waals surface area (Å²) in [5.74, 6) is 1.36. The number of aliphatic hydroxyl groups is 12. The van der Waals surface area contributed by atoms with Crippen LogP contribution >= 0.6 is 0 Å². The fourth-order valence-electron chi connectivity index (χ4n) is 7.51. The molecule has 12 heteroatoms. The van der Waals surface area contributed by atoms with Gasteiger partial charge in [-0.05, 0) is 139 Å². The summed E-state index contributed by atoms with van der Waals surface area (Å²) in [7, 11) is 0. The summed E-state index contributed by atoms with van der Waals surface area (Å²) < 4.78 is 0. The first-order valence-corrected chi connectivity index (χ1v) is 18.8. The standard InChI is InChI=1S/2C9H18O4.2C9H18O2/c10-4-3-7(11)6-1-2-8(12)9(13)5-6;10-3-1-2-6-4-7(11)9(13)8(12)5-6;10-7-1-2-8-3-5-9(11)6-4-8;1-2-9(11)7-4-3-5-8(10)6-7/h2*6-13H,1-5H2;8-11H,1-7H2;7-11H,2-6H2,1H3. The van der Waals surface area contributed by atoms with Gasteiger partial charge < -0.3 is 61.3 Å². The molecular formula is C36H72O12. The first kappa shape index (κ1) is 45.5. The number of rotatable bonds is 11.